The summed E-state index contributed by atoms with van der Waals surface area (Å²) in [7, 11) is 0. The zero-order valence-electron chi connectivity index (χ0n) is 5.33. The van der Waals surface area contributed by atoms with E-state index in [2.05, 4.69) is 0 Å². The Balaban J connectivity index is 3.85. The lowest BCUT2D eigenvalue weighted by Gasteiger charge is -1.79. The van der Waals surface area contributed by atoms with E-state index < -0.39 is 0 Å². The SMILES string of the molecule is N#CCCC=C(C#N)C#N. The van der Waals surface area contributed by atoms with Gasteiger partial charge in [-0.15, -0.1) is 0 Å². The Hall–Kier alpha value is -1.79. The lowest BCUT2D eigenvalue weighted by molar-refractivity contribution is 1.06. The number of unbranched alkanes of at least 4 members (excludes halogenated alkanes) is 1. The monoisotopic (exact) mass is 131 g/mol. The molecule has 0 unspecified atom stereocenters. The van der Waals surface area contributed by atoms with Crippen LogP contribution in [0.15, 0.2) is 11.6 Å². The molecule has 0 aromatic heterocycles. The van der Waals surface area contributed by atoms with Gasteiger partial charge in [0.2, 0.25) is 0 Å². The molecule has 0 rings (SSSR count). The lowest BCUT2D eigenvalue weighted by Crippen LogP contribution is -1.71. The minimum atomic E-state index is 0.0789. The molecule has 0 heterocycles. The van der Waals surface area contributed by atoms with Gasteiger partial charge < -0.3 is 0 Å². The van der Waals surface area contributed by atoms with Crippen LogP contribution in [0.2, 0.25) is 0 Å². The Morgan fingerprint density at radius 3 is 2.20 bits per heavy atom. The Morgan fingerprint density at radius 2 is 1.80 bits per heavy atom. The summed E-state index contributed by atoms with van der Waals surface area (Å²) in [5.41, 5.74) is 0.0789. The Bertz CT molecular complexity index is 227. The van der Waals surface area contributed by atoms with Gasteiger partial charge >= 0.3 is 0 Å². The molecule has 0 aliphatic carbocycles. The van der Waals surface area contributed by atoms with E-state index in [1.54, 1.807) is 12.1 Å². The first-order chi connectivity index (χ1) is 4.85. The van der Waals surface area contributed by atoms with Gasteiger partial charge in [-0.25, -0.2) is 0 Å². The molecule has 0 spiro atoms. The van der Waals surface area contributed by atoms with Crippen molar-refractivity contribution in [3.8, 4) is 18.2 Å². The van der Waals surface area contributed by atoms with Crippen LogP contribution in [-0.4, -0.2) is 0 Å². The van der Waals surface area contributed by atoms with Crippen molar-refractivity contribution in [2.75, 3.05) is 0 Å². The maximum Gasteiger partial charge on any atom is 0.125 e. The maximum absolute atomic E-state index is 8.20. The smallest absolute Gasteiger partial charge is 0.125 e. The molecule has 0 atom stereocenters. The molecule has 0 amide bonds. The molecule has 10 heavy (non-hydrogen) atoms. The Kier molecular flexibility index (Phi) is 4.39. The fourth-order valence-electron chi connectivity index (χ4n) is 0.397. The van der Waals surface area contributed by atoms with Crippen molar-refractivity contribution in [3.05, 3.63) is 11.6 Å². The van der Waals surface area contributed by atoms with E-state index in [4.69, 9.17) is 15.8 Å². The summed E-state index contributed by atoms with van der Waals surface area (Å²) in [6.45, 7) is 0. The van der Waals surface area contributed by atoms with Gasteiger partial charge in [0.15, 0.2) is 0 Å². The number of hydrogen-bond acceptors (Lipinski definition) is 3. The van der Waals surface area contributed by atoms with Gasteiger partial charge in [-0.05, 0) is 6.42 Å². The Labute approximate surface area is 59.4 Å². The highest BCUT2D eigenvalue weighted by Crippen LogP contribution is 1.94. The van der Waals surface area contributed by atoms with E-state index in [9.17, 15) is 0 Å². The van der Waals surface area contributed by atoms with Crippen LogP contribution in [0, 0.1) is 34.0 Å². The summed E-state index contributed by atoms with van der Waals surface area (Å²) in [4.78, 5) is 0. The molecular formula is C7H5N3. The predicted octanol–water partition coefficient (Wildman–Crippen LogP) is 1.26. The van der Waals surface area contributed by atoms with E-state index in [-0.39, 0.29) is 5.57 Å². The molecule has 3 heteroatoms. The second-order valence-corrected chi connectivity index (χ2v) is 1.54. The average molecular weight is 131 g/mol. The minimum Gasteiger partial charge on any atom is -0.198 e. The van der Waals surface area contributed by atoms with E-state index in [1.807, 2.05) is 6.07 Å². The number of allylic oxidation sites excluding steroid dienone is 2. The summed E-state index contributed by atoms with van der Waals surface area (Å²) < 4.78 is 0. The second kappa shape index (κ2) is 5.35. The topological polar surface area (TPSA) is 71.4 Å². The van der Waals surface area contributed by atoms with Gasteiger partial charge in [0.1, 0.15) is 17.7 Å². The molecule has 0 fully saturated rings. The average Bonchev–Trinajstić information content (AvgIpc) is 1.99. The predicted molar refractivity (Wildman–Crippen MR) is 34.2 cm³/mol. The first-order valence-electron chi connectivity index (χ1n) is 2.72. The molecule has 0 N–H and O–H groups in total. The standard InChI is InChI=1S/C7H5N3/c8-4-2-1-3-7(5-9)6-10/h3H,1-2H2. The van der Waals surface area contributed by atoms with Gasteiger partial charge in [-0.1, -0.05) is 6.08 Å². The van der Waals surface area contributed by atoms with Crippen LogP contribution in [0.3, 0.4) is 0 Å². The first kappa shape index (κ1) is 8.21. The molecule has 0 saturated heterocycles. The molecule has 3 nitrogen and oxygen atoms in total. The minimum absolute atomic E-state index is 0.0789. The third kappa shape index (κ3) is 3.24. The lowest BCUT2D eigenvalue weighted by atomic mass is 10.2. The maximum atomic E-state index is 8.20. The van der Waals surface area contributed by atoms with Gasteiger partial charge in [0.05, 0.1) is 6.07 Å². The normalized spacial score (nSPS) is 6.50. The molecule has 0 bridgehead atoms. The summed E-state index contributed by atoms with van der Waals surface area (Å²) in [5.74, 6) is 0. The molecule has 0 aromatic rings. The first-order valence-corrected chi connectivity index (χ1v) is 2.72. The largest absolute Gasteiger partial charge is 0.198 e. The summed E-state index contributed by atoms with van der Waals surface area (Å²) in [6.07, 6.45) is 2.29. The van der Waals surface area contributed by atoms with E-state index in [0.29, 0.717) is 12.8 Å². The quantitative estimate of drug-likeness (QED) is 0.418. The third-order valence-corrected chi connectivity index (χ3v) is 0.846. The molecule has 0 aromatic carbocycles. The second-order valence-electron chi connectivity index (χ2n) is 1.54. The van der Waals surface area contributed by atoms with Crippen LogP contribution in [-0.2, 0) is 0 Å². The van der Waals surface area contributed by atoms with Crippen molar-refractivity contribution in [2.24, 2.45) is 0 Å². The highest BCUT2D eigenvalue weighted by Gasteiger charge is 1.88. The van der Waals surface area contributed by atoms with Crippen LogP contribution in [0.1, 0.15) is 12.8 Å². The van der Waals surface area contributed by atoms with Gasteiger partial charge in [-0.2, -0.15) is 15.8 Å². The zero-order chi connectivity index (χ0) is 7.82. The molecular weight excluding hydrogens is 126 g/mol. The highest BCUT2D eigenvalue weighted by molar-refractivity contribution is 5.34. The Morgan fingerprint density at radius 1 is 1.20 bits per heavy atom. The number of nitriles is 3. The number of rotatable bonds is 2. The van der Waals surface area contributed by atoms with Crippen LogP contribution >= 0.6 is 0 Å². The fourth-order valence-corrected chi connectivity index (χ4v) is 0.397. The van der Waals surface area contributed by atoms with E-state index in [0.717, 1.165) is 0 Å². The number of hydrogen-bond donors (Lipinski definition) is 0. The summed E-state index contributed by atoms with van der Waals surface area (Å²) in [5, 5.41) is 24.5. The van der Waals surface area contributed by atoms with Crippen molar-refractivity contribution in [3.63, 3.8) is 0 Å². The van der Waals surface area contributed by atoms with Crippen molar-refractivity contribution in [2.45, 2.75) is 12.8 Å². The van der Waals surface area contributed by atoms with Gasteiger partial charge in [-0.3, -0.25) is 0 Å². The van der Waals surface area contributed by atoms with E-state index in [1.165, 1.54) is 6.08 Å². The van der Waals surface area contributed by atoms with Crippen LogP contribution in [0.5, 0.6) is 0 Å². The van der Waals surface area contributed by atoms with Crippen LogP contribution in [0.25, 0.3) is 0 Å². The van der Waals surface area contributed by atoms with Crippen LogP contribution in [0.4, 0.5) is 0 Å². The van der Waals surface area contributed by atoms with Crippen molar-refractivity contribution >= 4 is 0 Å². The summed E-state index contributed by atoms with van der Waals surface area (Å²) in [6, 6.07) is 5.31. The van der Waals surface area contributed by atoms with Crippen LogP contribution < -0.4 is 0 Å². The van der Waals surface area contributed by atoms with Gasteiger partial charge in [0.25, 0.3) is 0 Å². The molecule has 48 valence electrons. The van der Waals surface area contributed by atoms with Gasteiger partial charge in [0, 0.05) is 6.42 Å². The number of nitrogens with zero attached hydrogens (tertiary/aromatic N) is 3. The molecule has 0 aliphatic heterocycles. The zero-order valence-corrected chi connectivity index (χ0v) is 5.33. The van der Waals surface area contributed by atoms with E-state index >= 15 is 0 Å². The molecule has 0 saturated carbocycles. The summed E-state index contributed by atoms with van der Waals surface area (Å²) >= 11 is 0. The van der Waals surface area contributed by atoms with Crippen molar-refractivity contribution in [1.82, 2.24) is 0 Å². The third-order valence-electron chi connectivity index (χ3n) is 0.846. The highest BCUT2D eigenvalue weighted by atomic mass is 14.3. The fraction of sp³-hybridized carbons (Fsp3) is 0.286. The van der Waals surface area contributed by atoms with Crippen molar-refractivity contribution in [1.29, 1.82) is 15.8 Å². The van der Waals surface area contributed by atoms with Crippen molar-refractivity contribution < 1.29 is 0 Å². The molecule has 0 radical (unpaired) electrons. The molecule has 0 aliphatic rings.